The standard InChI is InChI=1S/C57H39NO/c1-57(2)51-19-9-7-16-46(51)47-33-30-42(35-52(47)57)58(41-28-24-36(25-29-41)39-27-31-44-40(34-39)23-22-37-12-3-5-14-43(37)44)53-20-10-8-17-48(53)49-18-11-21-54-55(49)50-32-26-38-13-4-6-15-45(38)56(50)59-54/h3-35H,1-2H3. The van der Waals surface area contributed by atoms with Gasteiger partial charge in [-0.3, -0.25) is 0 Å². The summed E-state index contributed by atoms with van der Waals surface area (Å²) in [6.45, 7) is 4.71. The average Bonchev–Trinajstić information content (AvgIpc) is 3.79. The molecular weight excluding hydrogens is 715 g/mol. The number of hydrogen-bond acceptors (Lipinski definition) is 2. The van der Waals surface area contributed by atoms with Crippen LogP contribution in [0, 0.1) is 0 Å². The van der Waals surface area contributed by atoms with Crippen molar-refractivity contribution in [3.8, 4) is 33.4 Å². The molecule has 0 unspecified atom stereocenters. The van der Waals surface area contributed by atoms with E-state index in [0.717, 1.165) is 55.5 Å². The molecule has 0 bridgehead atoms. The van der Waals surface area contributed by atoms with E-state index >= 15 is 0 Å². The molecule has 0 atom stereocenters. The van der Waals surface area contributed by atoms with E-state index in [-0.39, 0.29) is 5.41 Å². The summed E-state index contributed by atoms with van der Waals surface area (Å²) in [5.74, 6) is 0. The first kappa shape index (κ1) is 33.7. The van der Waals surface area contributed by atoms with Crippen LogP contribution in [-0.2, 0) is 5.41 Å². The molecule has 0 N–H and O–H groups in total. The van der Waals surface area contributed by atoms with Gasteiger partial charge in [-0.15, -0.1) is 0 Å². The second-order valence-electron chi connectivity index (χ2n) is 16.5. The molecule has 0 radical (unpaired) electrons. The van der Waals surface area contributed by atoms with Crippen molar-refractivity contribution in [1.82, 2.24) is 0 Å². The van der Waals surface area contributed by atoms with E-state index in [1.165, 1.54) is 60.3 Å². The van der Waals surface area contributed by atoms with Gasteiger partial charge in [0.1, 0.15) is 11.2 Å². The lowest BCUT2D eigenvalue weighted by Gasteiger charge is -2.30. The van der Waals surface area contributed by atoms with Crippen LogP contribution >= 0.6 is 0 Å². The fraction of sp³-hybridized carbons (Fsp3) is 0.0526. The van der Waals surface area contributed by atoms with Crippen molar-refractivity contribution in [1.29, 1.82) is 0 Å². The van der Waals surface area contributed by atoms with Crippen LogP contribution < -0.4 is 4.90 Å². The molecule has 2 nitrogen and oxygen atoms in total. The van der Waals surface area contributed by atoms with E-state index in [2.05, 4.69) is 219 Å². The topological polar surface area (TPSA) is 16.4 Å². The molecule has 1 heterocycles. The molecule has 0 saturated carbocycles. The molecule has 0 spiro atoms. The minimum Gasteiger partial charge on any atom is -0.455 e. The van der Waals surface area contributed by atoms with Gasteiger partial charge in [-0.2, -0.15) is 0 Å². The van der Waals surface area contributed by atoms with Crippen molar-refractivity contribution in [2.45, 2.75) is 19.3 Å². The van der Waals surface area contributed by atoms with Crippen molar-refractivity contribution < 1.29 is 4.42 Å². The number of anilines is 3. The summed E-state index contributed by atoms with van der Waals surface area (Å²) < 4.78 is 6.69. The Labute approximate surface area is 343 Å². The molecule has 11 aromatic rings. The highest BCUT2D eigenvalue weighted by molar-refractivity contribution is 6.20. The van der Waals surface area contributed by atoms with Crippen LogP contribution in [-0.4, -0.2) is 0 Å². The molecule has 0 aliphatic heterocycles. The van der Waals surface area contributed by atoms with Crippen LogP contribution in [0.5, 0.6) is 0 Å². The summed E-state index contributed by atoms with van der Waals surface area (Å²) in [5, 5.41) is 9.64. The molecule has 10 aromatic carbocycles. The highest BCUT2D eigenvalue weighted by atomic mass is 16.3. The van der Waals surface area contributed by atoms with E-state index in [1.54, 1.807) is 0 Å². The maximum atomic E-state index is 6.69. The Kier molecular flexibility index (Phi) is 7.31. The third-order valence-corrected chi connectivity index (χ3v) is 12.9. The highest BCUT2D eigenvalue weighted by Crippen LogP contribution is 2.52. The third-order valence-electron chi connectivity index (χ3n) is 12.9. The van der Waals surface area contributed by atoms with Gasteiger partial charge in [0.15, 0.2) is 0 Å². The molecule has 0 amide bonds. The second kappa shape index (κ2) is 12.8. The molecule has 2 heteroatoms. The fourth-order valence-corrected chi connectivity index (χ4v) is 9.93. The van der Waals surface area contributed by atoms with Crippen molar-refractivity contribution in [2.24, 2.45) is 0 Å². The van der Waals surface area contributed by atoms with Crippen molar-refractivity contribution >= 4 is 71.3 Å². The Morgan fingerprint density at radius 1 is 0.390 bits per heavy atom. The molecule has 0 saturated heterocycles. The lowest BCUT2D eigenvalue weighted by atomic mass is 9.82. The monoisotopic (exact) mass is 753 g/mol. The summed E-state index contributed by atoms with van der Waals surface area (Å²) in [5.41, 5.74) is 15.0. The van der Waals surface area contributed by atoms with Gasteiger partial charge in [-0.1, -0.05) is 166 Å². The summed E-state index contributed by atoms with van der Waals surface area (Å²) in [6, 6.07) is 73.2. The maximum Gasteiger partial charge on any atom is 0.143 e. The zero-order valence-electron chi connectivity index (χ0n) is 32.9. The van der Waals surface area contributed by atoms with Gasteiger partial charge in [0, 0.05) is 38.5 Å². The molecule has 1 aliphatic rings. The smallest absolute Gasteiger partial charge is 0.143 e. The molecule has 1 aromatic heterocycles. The van der Waals surface area contributed by atoms with Crippen LogP contribution in [0.15, 0.2) is 205 Å². The first-order valence-corrected chi connectivity index (χ1v) is 20.5. The maximum absolute atomic E-state index is 6.69. The molecule has 0 fully saturated rings. The van der Waals surface area contributed by atoms with Crippen LogP contribution in [0.3, 0.4) is 0 Å². The van der Waals surface area contributed by atoms with Crippen molar-refractivity contribution in [3.63, 3.8) is 0 Å². The normalized spacial score (nSPS) is 13.1. The minimum atomic E-state index is -0.136. The second-order valence-corrected chi connectivity index (χ2v) is 16.5. The van der Waals surface area contributed by atoms with Gasteiger partial charge in [-0.25, -0.2) is 0 Å². The van der Waals surface area contributed by atoms with Crippen molar-refractivity contribution in [3.05, 3.63) is 211 Å². The molecular formula is C57H39NO. The summed E-state index contributed by atoms with van der Waals surface area (Å²) in [7, 11) is 0. The zero-order chi connectivity index (χ0) is 39.2. The number of benzene rings is 10. The van der Waals surface area contributed by atoms with Crippen LogP contribution in [0.1, 0.15) is 25.0 Å². The predicted molar refractivity (Wildman–Crippen MR) is 249 cm³/mol. The van der Waals surface area contributed by atoms with E-state index in [1.807, 2.05) is 0 Å². The number of furan rings is 1. The molecule has 278 valence electrons. The van der Waals surface area contributed by atoms with E-state index < -0.39 is 0 Å². The Balaban J connectivity index is 1.04. The van der Waals surface area contributed by atoms with E-state index in [9.17, 15) is 0 Å². The summed E-state index contributed by atoms with van der Waals surface area (Å²) in [6.07, 6.45) is 0. The van der Waals surface area contributed by atoms with Gasteiger partial charge in [0.05, 0.1) is 5.69 Å². The lowest BCUT2D eigenvalue weighted by molar-refractivity contribution is 0.660. The zero-order valence-corrected chi connectivity index (χ0v) is 32.9. The summed E-state index contributed by atoms with van der Waals surface area (Å²) in [4.78, 5) is 2.45. The lowest BCUT2D eigenvalue weighted by Crippen LogP contribution is -2.16. The Morgan fingerprint density at radius 2 is 1.00 bits per heavy atom. The Bertz CT molecular complexity index is 3480. The molecule has 59 heavy (non-hydrogen) atoms. The SMILES string of the molecule is CC1(C)c2ccccc2-c2ccc(N(c3ccc(-c4ccc5c(ccc6ccccc65)c4)cc3)c3ccccc3-c3cccc4oc5c6ccccc6ccc5c34)cc21. The average molecular weight is 754 g/mol. The first-order chi connectivity index (χ1) is 29.0. The predicted octanol–water partition coefficient (Wildman–Crippen LogP) is 16.2. The van der Waals surface area contributed by atoms with Gasteiger partial charge in [0.2, 0.25) is 0 Å². The van der Waals surface area contributed by atoms with E-state index in [0.29, 0.717) is 0 Å². The Morgan fingerprint density at radius 3 is 1.86 bits per heavy atom. The fourth-order valence-electron chi connectivity index (χ4n) is 9.93. The van der Waals surface area contributed by atoms with Gasteiger partial charge in [-0.05, 0) is 114 Å². The largest absolute Gasteiger partial charge is 0.455 e. The minimum absolute atomic E-state index is 0.136. The third kappa shape index (κ3) is 5.13. The van der Waals surface area contributed by atoms with Gasteiger partial charge in [0.25, 0.3) is 0 Å². The van der Waals surface area contributed by atoms with E-state index in [4.69, 9.17) is 4.42 Å². The quantitative estimate of drug-likeness (QED) is 0.163. The number of rotatable bonds is 5. The number of fused-ring (bicyclic) bond motifs is 11. The number of nitrogens with zero attached hydrogens (tertiary/aromatic N) is 1. The molecule has 12 rings (SSSR count). The van der Waals surface area contributed by atoms with Crippen LogP contribution in [0.4, 0.5) is 17.1 Å². The molecule has 1 aliphatic carbocycles. The number of para-hydroxylation sites is 1. The first-order valence-electron chi connectivity index (χ1n) is 20.5. The Hall–Kier alpha value is -7.42. The van der Waals surface area contributed by atoms with Gasteiger partial charge < -0.3 is 9.32 Å². The summed E-state index contributed by atoms with van der Waals surface area (Å²) >= 11 is 0. The van der Waals surface area contributed by atoms with Crippen LogP contribution in [0.2, 0.25) is 0 Å². The van der Waals surface area contributed by atoms with Gasteiger partial charge >= 0.3 is 0 Å². The number of hydrogen-bond donors (Lipinski definition) is 0. The van der Waals surface area contributed by atoms with Crippen molar-refractivity contribution in [2.75, 3.05) is 4.90 Å². The van der Waals surface area contributed by atoms with Crippen LogP contribution in [0.25, 0.3) is 87.6 Å². The highest BCUT2D eigenvalue weighted by Gasteiger charge is 2.36.